The van der Waals surface area contributed by atoms with Gasteiger partial charge in [-0.2, -0.15) is 0 Å². The van der Waals surface area contributed by atoms with Crippen LogP contribution in [0.4, 0.5) is 0 Å². The highest BCUT2D eigenvalue weighted by atomic mass is 14.7. The quantitative estimate of drug-likeness (QED) is 0.591. The smallest absolute Gasteiger partial charge is 0.0167 e. The summed E-state index contributed by atoms with van der Waals surface area (Å²) in [6, 6.07) is 8.63. The van der Waals surface area contributed by atoms with Crippen molar-refractivity contribution < 1.29 is 0 Å². The second kappa shape index (κ2) is 4.14. The van der Waals surface area contributed by atoms with Crippen molar-refractivity contribution >= 4 is 0 Å². The molecule has 0 saturated carbocycles. The summed E-state index contributed by atoms with van der Waals surface area (Å²) in [5.41, 5.74) is 3.10. The minimum atomic E-state index is 1.30. The summed E-state index contributed by atoms with van der Waals surface area (Å²) in [7, 11) is 3.75. The van der Waals surface area contributed by atoms with Crippen molar-refractivity contribution in [2.45, 2.75) is 12.8 Å². The van der Waals surface area contributed by atoms with Crippen LogP contribution >= 0.6 is 0 Å². The van der Waals surface area contributed by atoms with E-state index in [0.717, 1.165) is 0 Å². The molecule has 1 N–H and O–H groups in total. The third-order valence-electron chi connectivity index (χ3n) is 1.78. The van der Waals surface area contributed by atoms with Gasteiger partial charge in [0.15, 0.2) is 0 Å². The number of hydrogen-bond donors (Lipinski definition) is 1. The molecule has 0 spiro atoms. The van der Waals surface area contributed by atoms with Crippen LogP contribution in [0.25, 0.3) is 0 Å². The van der Waals surface area contributed by atoms with Crippen LogP contribution in [0.5, 0.6) is 0 Å². The maximum atomic E-state index is 2.75. The normalized spacial score (nSPS) is 12.2. The van der Waals surface area contributed by atoms with Crippen LogP contribution in [0.1, 0.15) is 11.1 Å². The molecule has 0 unspecified atom stereocenters. The van der Waals surface area contributed by atoms with Gasteiger partial charge in [0.05, 0.1) is 0 Å². The first kappa shape index (κ1) is 8.28. The van der Waals surface area contributed by atoms with Crippen molar-refractivity contribution in [1.29, 1.82) is 0 Å². The minimum absolute atomic E-state index is 1.30. The Morgan fingerprint density at radius 3 is 1.55 bits per heavy atom. The summed E-state index contributed by atoms with van der Waals surface area (Å²) >= 11 is 0. The Morgan fingerprint density at radius 2 is 1.36 bits per heavy atom. The number of nitrogens with one attached hydrogen (secondary N) is 1. The van der Waals surface area contributed by atoms with Crippen LogP contribution in [-0.4, -0.2) is 14.1 Å². The van der Waals surface area contributed by atoms with Gasteiger partial charge in [0.2, 0.25) is 0 Å². The van der Waals surface area contributed by atoms with Crippen LogP contribution in [0.3, 0.4) is 0 Å². The van der Waals surface area contributed by atoms with E-state index < -0.39 is 0 Å². The lowest BCUT2D eigenvalue weighted by Crippen LogP contribution is -2.06. The average Bonchev–Trinajstić information content (AvgIpc) is 1.94. The molecule has 1 aromatic carbocycles. The number of fused-ring (bicyclic) bond motifs is 1. The summed E-state index contributed by atoms with van der Waals surface area (Å²) in [6.07, 6.45) is 2.60. The molecule has 1 heteroatoms. The highest BCUT2D eigenvalue weighted by Gasteiger charge is 2.09. The van der Waals surface area contributed by atoms with E-state index in [1.165, 1.54) is 12.8 Å². The summed E-state index contributed by atoms with van der Waals surface area (Å²) in [5.74, 6) is 0. The Bertz CT molecular complexity index is 195. The Balaban J connectivity index is 0.000000179. The van der Waals surface area contributed by atoms with Gasteiger partial charge in [0, 0.05) is 0 Å². The average molecular weight is 149 g/mol. The van der Waals surface area contributed by atoms with Crippen molar-refractivity contribution in [2.75, 3.05) is 14.1 Å². The van der Waals surface area contributed by atoms with E-state index in [2.05, 4.69) is 29.6 Å². The van der Waals surface area contributed by atoms with E-state index in [-0.39, 0.29) is 0 Å². The number of hydrogen-bond acceptors (Lipinski definition) is 1. The third kappa shape index (κ3) is 2.05. The van der Waals surface area contributed by atoms with E-state index in [1.54, 1.807) is 11.1 Å². The molecule has 0 saturated heterocycles. The molecule has 1 aliphatic carbocycles. The van der Waals surface area contributed by atoms with Crippen molar-refractivity contribution in [2.24, 2.45) is 0 Å². The molecule has 0 bridgehead atoms. The summed E-state index contributed by atoms with van der Waals surface area (Å²) in [4.78, 5) is 0. The molecule has 0 radical (unpaired) electrons. The van der Waals surface area contributed by atoms with E-state index in [4.69, 9.17) is 0 Å². The van der Waals surface area contributed by atoms with Crippen LogP contribution in [0.2, 0.25) is 0 Å². The maximum Gasteiger partial charge on any atom is -0.0167 e. The molecule has 0 heterocycles. The highest BCUT2D eigenvalue weighted by Crippen LogP contribution is 2.20. The predicted molar refractivity (Wildman–Crippen MR) is 48.8 cm³/mol. The molecule has 0 aliphatic heterocycles. The van der Waals surface area contributed by atoms with Gasteiger partial charge in [0.25, 0.3) is 0 Å². The van der Waals surface area contributed by atoms with Gasteiger partial charge in [-0.05, 0) is 38.1 Å². The molecule has 1 aliphatic rings. The van der Waals surface area contributed by atoms with Gasteiger partial charge in [0.1, 0.15) is 0 Å². The summed E-state index contributed by atoms with van der Waals surface area (Å²) in [6.45, 7) is 0. The van der Waals surface area contributed by atoms with E-state index in [9.17, 15) is 0 Å². The van der Waals surface area contributed by atoms with Gasteiger partial charge in [-0.3, -0.25) is 0 Å². The Labute approximate surface area is 68.4 Å². The fourth-order valence-electron chi connectivity index (χ4n) is 1.14. The van der Waals surface area contributed by atoms with Crippen molar-refractivity contribution in [1.82, 2.24) is 5.32 Å². The van der Waals surface area contributed by atoms with E-state index in [1.807, 2.05) is 14.1 Å². The van der Waals surface area contributed by atoms with Crippen molar-refractivity contribution in [3.05, 3.63) is 35.4 Å². The monoisotopic (exact) mass is 149 g/mol. The molecule has 11 heavy (non-hydrogen) atoms. The second-order valence-corrected chi connectivity index (χ2v) is 2.77. The Hall–Kier alpha value is -0.820. The first-order chi connectivity index (χ1) is 5.38. The van der Waals surface area contributed by atoms with E-state index >= 15 is 0 Å². The molecule has 0 amide bonds. The SMILES string of the molecule is CNC.c1ccc2c(c1)CC2. The zero-order valence-electron chi connectivity index (χ0n) is 7.22. The summed E-state index contributed by atoms with van der Waals surface area (Å²) < 4.78 is 0. The largest absolute Gasteiger partial charge is 0.323 e. The molecular formula is C10H15N. The second-order valence-electron chi connectivity index (χ2n) is 2.77. The number of rotatable bonds is 0. The minimum Gasteiger partial charge on any atom is -0.323 e. The molecular weight excluding hydrogens is 134 g/mol. The predicted octanol–water partition coefficient (Wildman–Crippen LogP) is 1.62. The fraction of sp³-hybridized carbons (Fsp3) is 0.400. The highest BCUT2D eigenvalue weighted by molar-refractivity contribution is 5.34. The lowest BCUT2D eigenvalue weighted by Gasteiger charge is -2.16. The molecule has 0 atom stereocenters. The Kier molecular flexibility index (Phi) is 3.12. The zero-order valence-corrected chi connectivity index (χ0v) is 7.22. The molecule has 0 aromatic heterocycles. The van der Waals surface area contributed by atoms with Crippen LogP contribution in [0, 0.1) is 0 Å². The molecule has 1 nitrogen and oxygen atoms in total. The lowest BCUT2D eigenvalue weighted by atomic mass is 9.89. The van der Waals surface area contributed by atoms with Crippen molar-refractivity contribution in [3.63, 3.8) is 0 Å². The van der Waals surface area contributed by atoms with Gasteiger partial charge in [-0.15, -0.1) is 0 Å². The lowest BCUT2D eigenvalue weighted by molar-refractivity contribution is 0.839. The fourth-order valence-corrected chi connectivity index (χ4v) is 1.14. The van der Waals surface area contributed by atoms with Crippen LogP contribution in [0.15, 0.2) is 24.3 Å². The van der Waals surface area contributed by atoms with Crippen molar-refractivity contribution in [3.8, 4) is 0 Å². The molecule has 1 aromatic rings. The first-order valence-corrected chi connectivity index (χ1v) is 4.03. The zero-order chi connectivity index (χ0) is 8.10. The van der Waals surface area contributed by atoms with Gasteiger partial charge >= 0.3 is 0 Å². The number of aryl methyl sites for hydroxylation is 2. The molecule has 60 valence electrons. The number of benzene rings is 1. The Morgan fingerprint density at radius 1 is 1.00 bits per heavy atom. The molecule has 0 fully saturated rings. The first-order valence-electron chi connectivity index (χ1n) is 4.03. The van der Waals surface area contributed by atoms with Gasteiger partial charge < -0.3 is 5.32 Å². The van der Waals surface area contributed by atoms with Crippen LogP contribution < -0.4 is 5.32 Å². The standard InChI is InChI=1S/C8H8.C2H7N/c1-2-4-8-6-5-7(8)3-1;1-3-2/h1-4H,5-6H2;3H,1-2H3. The van der Waals surface area contributed by atoms with Crippen LogP contribution in [-0.2, 0) is 12.8 Å². The summed E-state index contributed by atoms with van der Waals surface area (Å²) in [5, 5.41) is 2.75. The van der Waals surface area contributed by atoms with Gasteiger partial charge in [-0.25, -0.2) is 0 Å². The third-order valence-corrected chi connectivity index (χ3v) is 1.78. The topological polar surface area (TPSA) is 12.0 Å². The van der Waals surface area contributed by atoms with Gasteiger partial charge in [-0.1, -0.05) is 24.3 Å². The maximum absolute atomic E-state index is 2.75. The van der Waals surface area contributed by atoms with E-state index in [0.29, 0.717) is 0 Å². The molecule has 2 rings (SSSR count).